The number of ether oxygens (including phenoxy) is 1. The molecule has 1 unspecified atom stereocenters. The molecule has 1 atom stereocenters. The molecule has 1 aromatic heterocycles. The summed E-state index contributed by atoms with van der Waals surface area (Å²) in [5.41, 5.74) is 5.43. The highest BCUT2D eigenvalue weighted by atomic mass is 32.2. The van der Waals surface area contributed by atoms with Crippen molar-refractivity contribution in [3.8, 4) is 0 Å². The van der Waals surface area contributed by atoms with E-state index in [-0.39, 0.29) is 30.4 Å². The zero-order valence-electron chi connectivity index (χ0n) is 10.0. The van der Waals surface area contributed by atoms with Crippen LogP contribution in [-0.4, -0.2) is 54.6 Å². The second-order valence-electron chi connectivity index (χ2n) is 3.94. The van der Waals surface area contributed by atoms with Gasteiger partial charge >= 0.3 is 0 Å². The maximum absolute atomic E-state index is 12.3. The second-order valence-corrected chi connectivity index (χ2v) is 5.87. The quantitative estimate of drug-likeness (QED) is 0.325. The molecule has 1 fully saturated rings. The molecule has 1 aliphatic rings. The Morgan fingerprint density at radius 3 is 3.05 bits per heavy atom. The van der Waals surface area contributed by atoms with Crippen molar-refractivity contribution in [1.29, 1.82) is 0 Å². The Balaban J connectivity index is 2.22. The van der Waals surface area contributed by atoms with E-state index in [2.05, 4.69) is 10.1 Å². The lowest BCUT2D eigenvalue weighted by Crippen LogP contribution is -2.50. The molecular weight excluding hydrogens is 272 g/mol. The Morgan fingerprint density at radius 1 is 1.63 bits per heavy atom. The summed E-state index contributed by atoms with van der Waals surface area (Å²) in [4.78, 5) is 3.90. The summed E-state index contributed by atoms with van der Waals surface area (Å²) in [6.45, 7) is 0.403. The van der Waals surface area contributed by atoms with Crippen LogP contribution in [-0.2, 0) is 14.8 Å². The fourth-order valence-corrected chi connectivity index (χ4v) is 3.13. The summed E-state index contributed by atoms with van der Waals surface area (Å²) >= 11 is 0. The molecule has 1 aliphatic heterocycles. The molecule has 0 radical (unpaired) electrons. The Hall–Kier alpha value is -1.71. The van der Waals surface area contributed by atoms with Gasteiger partial charge in [-0.05, 0) is 12.1 Å². The SMILES string of the molecule is NC(=NO)C1CN(S(=O)(=O)c2cccnc2)CCO1. The highest BCUT2D eigenvalue weighted by Crippen LogP contribution is 2.17. The third-order valence-corrected chi connectivity index (χ3v) is 4.60. The van der Waals surface area contributed by atoms with E-state index in [0.29, 0.717) is 0 Å². The van der Waals surface area contributed by atoms with Gasteiger partial charge in [0.1, 0.15) is 11.0 Å². The van der Waals surface area contributed by atoms with Crippen molar-refractivity contribution in [3.05, 3.63) is 24.5 Å². The summed E-state index contributed by atoms with van der Waals surface area (Å²) in [5, 5.41) is 11.4. The van der Waals surface area contributed by atoms with E-state index < -0.39 is 16.1 Å². The standard InChI is InChI=1S/C10H14N4O4S/c11-10(13-15)9-7-14(4-5-18-9)19(16,17)8-2-1-3-12-6-8/h1-3,6,9,15H,4-5,7H2,(H2,11,13). The van der Waals surface area contributed by atoms with E-state index in [1.165, 1.54) is 22.8 Å². The molecule has 0 saturated carbocycles. The van der Waals surface area contributed by atoms with Gasteiger partial charge in [-0.3, -0.25) is 4.98 Å². The second kappa shape index (κ2) is 5.51. The van der Waals surface area contributed by atoms with Gasteiger partial charge in [0.05, 0.1) is 6.61 Å². The smallest absolute Gasteiger partial charge is 0.244 e. The first kappa shape index (κ1) is 13.7. The highest BCUT2D eigenvalue weighted by Gasteiger charge is 2.32. The summed E-state index contributed by atoms with van der Waals surface area (Å²) in [5.74, 6) is -0.147. The number of nitrogens with zero attached hydrogens (tertiary/aromatic N) is 3. The van der Waals surface area contributed by atoms with Crippen LogP contribution in [0.2, 0.25) is 0 Å². The number of aromatic nitrogens is 1. The Morgan fingerprint density at radius 2 is 2.42 bits per heavy atom. The van der Waals surface area contributed by atoms with Crippen LogP contribution in [0.1, 0.15) is 0 Å². The molecule has 19 heavy (non-hydrogen) atoms. The van der Waals surface area contributed by atoms with E-state index in [9.17, 15) is 8.42 Å². The van der Waals surface area contributed by atoms with Gasteiger partial charge in [0.25, 0.3) is 0 Å². The van der Waals surface area contributed by atoms with Crippen molar-refractivity contribution in [2.45, 2.75) is 11.0 Å². The molecule has 1 aromatic rings. The lowest BCUT2D eigenvalue weighted by Gasteiger charge is -2.31. The summed E-state index contributed by atoms with van der Waals surface area (Å²) in [6, 6.07) is 3.02. The zero-order chi connectivity index (χ0) is 13.9. The molecule has 0 spiro atoms. The molecule has 0 amide bonds. The molecule has 3 N–H and O–H groups in total. The van der Waals surface area contributed by atoms with Gasteiger partial charge in [-0.15, -0.1) is 0 Å². The number of pyridine rings is 1. The van der Waals surface area contributed by atoms with Gasteiger partial charge in [0, 0.05) is 25.5 Å². The number of amidine groups is 1. The minimum absolute atomic E-state index is 0.00706. The number of hydrogen-bond donors (Lipinski definition) is 2. The van der Waals surface area contributed by atoms with Crippen LogP contribution in [0.4, 0.5) is 0 Å². The molecular formula is C10H14N4O4S. The number of morpholine rings is 1. The lowest BCUT2D eigenvalue weighted by molar-refractivity contribution is 0.0355. The van der Waals surface area contributed by atoms with Gasteiger partial charge in [-0.2, -0.15) is 4.31 Å². The lowest BCUT2D eigenvalue weighted by atomic mass is 10.3. The maximum atomic E-state index is 12.3. The number of hydrogen-bond acceptors (Lipinski definition) is 6. The molecule has 8 nitrogen and oxygen atoms in total. The monoisotopic (exact) mass is 286 g/mol. The minimum atomic E-state index is -3.64. The molecule has 0 aliphatic carbocycles. The third-order valence-electron chi connectivity index (χ3n) is 2.75. The molecule has 104 valence electrons. The van der Waals surface area contributed by atoms with Crippen LogP contribution >= 0.6 is 0 Å². The topological polar surface area (TPSA) is 118 Å². The molecule has 2 rings (SSSR count). The van der Waals surface area contributed by atoms with Crippen LogP contribution < -0.4 is 5.73 Å². The van der Waals surface area contributed by atoms with E-state index in [0.717, 1.165) is 0 Å². The third kappa shape index (κ3) is 2.83. The number of sulfonamides is 1. The number of oxime groups is 1. The van der Waals surface area contributed by atoms with Crippen LogP contribution in [0.15, 0.2) is 34.6 Å². The van der Waals surface area contributed by atoms with Crippen molar-refractivity contribution in [2.75, 3.05) is 19.7 Å². The first-order valence-electron chi connectivity index (χ1n) is 5.55. The molecule has 9 heteroatoms. The van der Waals surface area contributed by atoms with Gasteiger partial charge < -0.3 is 15.7 Å². The number of nitrogens with two attached hydrogens (primary N) is 1. The molecule has 2 heterocycles. The average Bonchev–Trinajstić information content (AvgIpc) is 2.47. The predicted molar refractivity (Wildman–Crippen MR) is 66.1 cm³/mol. The Labute approximate surface area is 110 Å². The summed E-state index contributed by atoms with van der Waals surface area (Å²) in [7, 11) is -3.64. The Bertz CT molecular complexity index is 560. The van der Waals surface area contributed by atoms with Gasteiger partial charge in [-0.1, -0.05) is 5.16 Å². The first-order valence-corrected chi connectivity index (χ1v) is 6.99. The van der Waals surface area contributed by atoms with Crippen LogP contribution in [0.5, 0.6) is 0 Å². The Kier molecular flexibility index (Phi) is 3.98. The van der Waals surface area contributed by atoms with E-state index in [1.54, 1.807) is 6.07 Å². The number of rotatable bonds is 3. The normalized spacial score (nSPS) is 22.3. The molecule has 0 aromatic carbocycles. The van der Waals surface area contributed by atoms with Crippen molar-refractivity contribution < 1.29 is 18.4 Å². The van der Waals surface area contributed by atoms with Crippen molar-refractivity contribution in [3.63, 3.8) is 0 Å². The fourth-order valence-electron chi connectivity index (χ4n) is 1.74. The largest absolute Gasteiger partial charge is 0.409 e. The molecule has 0 bridgehead atoms. The van der Waals surface area contributed by atoms with Gasteiger partial charge in [0.2, 0.25) is 10.0 Å². The minimum Gasteiger partial charge on any atom is -0.409 e. The first-order chi connectivity index (χ1) is 9.05. The summed E-state index contributed by atoms with van der Waals surface area (Å²) in [6.07, 6.45) is 2.03. The zero-order valence-corrected chi connectivity index (χ0v) is 10.8. The van der Waals surface area contributed by atoms with Gasteiger partial charge in [-0.25, -0.2) is 8.42 Å². The fraction of sp³-hybridized carbons (Fsp3) is 0.400. The highest BCUT2D eigenvalue weighted by molar-refractivity contribution is 7.89. The van der Waals surface area contributed by atoms with Crippen molar-refractivity contribution >= 4 is 15.9 Å². The summed E-state index contributed by atoms with van der Waals surface area (Å²) < 4.78 is 31.1. The van der Waals surface area contributed by atoms with Crippen LogP contribution in [0, 0.1) is 0 Å². The van der Waals surface area contributed by atoms with Crippen LogP contribution in [0.25, 0.3) is 0 Å². The predicted octanol–water partition coefficient (Wildman–Crippen LogP) is -0.783. The average molecular weight is 286 g/mol. The molecule has 1 saturated heterocycles. The maximum Gasteiger partial charge on any atom is 0.244 e. The van der Waals surface area contributed by atoms with E-state index >= 15 is 0 Å². The van der Waals surface area contributed by atoms with E-state index in [4.69, 9.17) is 15.7 Å². The van der Waals surface area contributed by atoms with Crippen LogP contribution in [0.3, 0.4) is 0 Å². The van der Waals surface area contributed by atoms with Crippen molar-refractivity contribution in [1.82, 2.24) is 9.29 Å². The van der Waals surface area contributed by atoms with Crippen molar-refractivity contribution in [2.24, 2.45) is 10.9 Å². The van der Waals surface area contributed by atoms with E-state index in [1.807, 2.05) is 0 Å². The van der Waals surface area contributed by atoms with Gasteiger partial charge in [0.15, 0.2) is 5.84 Å².